The van der Waals surface area contributed by atoms with Gasteiger partial charge in [-0.2, -0.15) is 0 Å². The highest BCUT2D eigenvalue weighted by molar-refractivity contribution is 5.91. The summed E-state index contributed by atoms with van der Waals surface area (Å²) in [5.41, 5.74) is 0.373. The summed E-state index contributed by atoms with van der Waals surface area (Å²) in [6, 6.07) is 5.52. The second-order valence-electron chi connectivity index (χ2n) is 5.53. The van der Waals surface area contributed by atoms with E-state index in [9.17, 15) is 14.7 Å². The Morgan fingerprint density at radius 3 is 2.10 bits per heavy atom. The van der Waals surface area contributed by atoms with Gasteiger partial charge in [0.05, 0.1) is 18.1 Å². The van der Waals surface area contributed by atoms with Crippen molar-refractivity contribution in [3.8, 4) is 0 Å². The van der Waals surface area contributed by atoms with Crippen molar-refractivity contribution in [3.05, 3.63) is 35.4 Å². The van der Waals surface area contributed by atoms with E-state index in [0.29, 0.717) is 24.0 Å². The van der Waals surface area contributed by atoms with Gasteiger partial charge in [0.25, 0.3) is 0 Å². The van der Waals surface area contributed by atoms with Crippen molar-refractivity contribution < 1.29 is 24.5 Å². The van der Waals surface area contributed by atoms with Gasteiger partial charge in [-0.15, -0.1) is 0 Å². The van der Waals surface area contributed by atoms with Crippen molar-refractivity contribution >= 4 is 11.9 Å². The Labute approximate surface area is 123 Å². The first-order chi connectivity index (χ1) is 10.1. The second-order valence-corrected chi connectivity index (χ2v) is 5.53. The Kier molecular flexibility index (Phi) is 5.33. The molecule has 2 rings (SSSR count). The highest BCUT2D eigenvalue weighted by Gasteiger charge is 2.21. The summed E-state index contributed by atoms with van der Waals surface area (Å²) in [4.78, 5) is 22.5. The predicted octanol–water partition coefficient (Wildman–Crippen LogP) is 1.01. The van der Waals surface area contributed by atoms with E-state index in [1.165, 1.54) is 24.3 Å². The minimum Gasteiger partial charge on any atom is -0.545 e. The first-order valence-electron chi connectivity index (χ1n) is 7.19. The zero-order valence-corrected chi connectivity index (χ0v) is 11.8. The maximum absolute atomic E-state index is 11.9. The molecule has 0 spiro atoms. The van der Waals surface area contributed by atoms with Crippen LogP contribution in [0.4, 0.5) is 0 Å². The molecule has 5 nitrogen and oxygen atoms in total. The van der Waals surface area contributed by atoms with Crippen molar-refractivity contribution in [1.82, 2.24) is 0 Å². The summed E-state index contributed by atoms with van der Waals surface area (Å²) >= 11 is 0. The molecule has 1 fully saturated rings. The van der Waals surface area contributed by atoms with Crippen molar-refractivity contribution in [2.45, 2.75) is 25.7 Å². The summed E-state index contributed by atoms with van der Waals surface area (Å²) in [5, 5.41) is 19.7. The molecule has 1 N–H and O–H groups in total. The number of carboxylic acid groups (broad SMARTS) is 1. The maximum Gasteiger partial charge on any atom is 0.338 e. The van der Waals surface area contributed by atoms with Crippen LogP contribution >= 0.6 is 0 Å². The first kappa shape index (κ1) is 15.5. The van der Waals surface area contributed by atoms with Crippen LogP contribution in [-0.4, -0.2) is 30.3 Å². The van der Waals surface area contributed by atoms with Crippen LogP contribution in [0.2, 0.25) is 0 Å². The van der Waals surface area contributed by atoms with Crippen LogP contribution in [-0.2, 0) is 4.74 Å². The van der Waals surface area contributed by atoms with Gasteiger partial charge in [-0.3, -0.25) is 0 Å². The van der Waals surface area contributed by atoms with Crippen LogP contribution in [0.1, 0.15) is 46.4 Å². The third kappa shape index (κ3) is 4.29. The molecule has 0 unspecified atom stereocenters. The average molecular weight is 291 g/mol. The quantitative estimate of drug-likeness (QED) is 0.818. The number of aliphatic hydroxyl groups excluding tert-OH is 1. The minimum atomic E-state index is -1.27. The van der Waals surface area contributed by atoms with Gasteiger partial charge in [0, 0.05) is 6.61 Å². The molecule has 0 atom stereocenters. The molecule has 0 saturated heterocycles. The number of hydrogen-bond acceptors (Lipinski definition) is 5. The second kappa shape index (κ2) is 7.22. The maximum atomic E-state index is 11.9. The van der Waals surface area contributed by atoms with Gasteiger partial charge in [0.2, 0.25) is 0 Å². The molecule has 0 amide bonds. The lowest BCUT2D eigenvalue weighted by Crippen LogP contribution is -2.23. The number of carbonyl (C=O) groups excluding carboxylic acids is 2. The number of carbonyl (C=O) groups is 2. The number of aromatic carboxylic acids is 1. The van der Waals surface area contributed by atoms with E-state index in [0.717, 1.165) is 25.7 Å². The van der Waals surface area contributed by atoms with Crippen LogP contribution in [0.5, 0.6) is 0 Å². The van der Waals surface area contributed by atoms with Gasteiger partial charge in [-0.1, -0.05) is 12.1 Å². The molecule has 5 heteroatoms. The summed E-state index contributed by atoms with van der Waals surface area (Å²) in [7, 11) is 0. The van der Waals surface area contributed by atoms with Crippen LogP contribution < -0.4 is 5.11 Å². The van der Waals surface area contributed by atoms with Crippen LogP contribution in [0.15, 0.2) is 24.3 Å². The van der Waals surface area contributed by atoms with E-state index < -0.39 is 11.9 Å². The van der Waals surface area contributed by atoms with Gasteiger partial charge in [0.1, 0.15) is 0 Å². The number of ether oxygens (including phenoxy) is 1. The normalized spacial score (nSPS) is 21.8. The molecule has 0 aromatic heterocycles. The predicted molar refractivity (Wildman–Crippen MR) is 73.6 cm³/mol. The molecule has 1 aromatic rings. The third-order valence-electron chi connectivity index (χ3n) is 4.03. The fourth-order valence-electron chi connectivity index (χ4n) is 2.60. The Hall–Kier alpha value is -1.88. The summed E-state index contributed by atoms with van der Waals surface area (Å²) in [6.07, 6.45) is 3.86. The highest BCUT2D eigenvalue weighted by atomic mass is 16.5. The lowest BCUT2D eigenvalue weighted by atomic mass is 9.83. The van der Waals surface area contributed by atoms with E-state index in [1.54, 1.807) is 0 Å². The van der Waals surface area contributed by atoms with E-state index in [4.69, 9.17) is 9.84 Å². The number of aliphatic hydroxyl groups is 1. The van der Waals surface area contributed by atoms with Crippen molar-refractivity contribution in [3.63, 3.8) is 0 Å². The van der Waals surface area contributed by atoms with Crippen LogP contribution in [0.25, 0.3) is 0 Å². The monoisotopic (exact) mass is 291 g/mol. The molecular formula is C16H19O5-. The van der Waals surface area contributed by atoms with Gasteiger partial charge in [-0.05, 0) is 55.2 Å². The highest BCUT2D eigenvalue weighted by Crippen LogP contribution is 2.28. The Morgan fingerprint density at radius 1 is 1.05 bits per heavy atom. The summed E-state index contributed by atoms with van der Waals surface area (Å²) < 4.78 is 5.27. The fourth-order valence-corrected chi connectivity index (χ4v) is 2.60. The number of rotatable bonds is 5. The van der Waals surface area contributed by atoms with E-state index in [-0.39, 0.29) is 12.2 Å². The first-order valence-corrected chi connectivity index (χ1v) is 7.19. The van der Waals surface area contributed by atoms with Gasteiger partial charge >= 0.3 is 5.97 Å². The smallest absolute Gasteiger partial charge is 0.338 e. The average Bonchev–Trinajstić information content (AvgIpc) is 2.53. The van der Waals surface area contributed by atoms with E-state index >= 15 is 0 Å². The lowest BCUT2D eigenvalue weighted by Gasteiger charge is -2.26. The van der Waals surface area contributed by atoms with Crippen molar-refractivity contribution in [1.29, 1.82) is 0 Å². The Morgan fingerprint density at radius 2 is 1.57 bits per heavy atom. The fraction of sp³-hybridized carbons (Fsp3) is 0.500. The molecule has 0 aliphatic heterocycles. The van der Waals surface area contributed by atoms with E-state index in [2.05, 4.69) is 0 Å². The molecule has 114 valence electrons. The molecule has 0 heterocycles. The largest absolute Gasteiger partial charge is 0.545 e. The Balaban J connectivity index is 1.80. The van der Waals surface area contributed by atoms with Crippen LogP contribution in [0, 0.1) is 11.8 Å². The number of carboxylic acids is 1. The van der Waals surface area contributed by atoms with E-state index in [1.807, 2.05) is 0 Å². The summed E-state index contributed by atoms with van der Waals surface area (Å²) in [5.74, 6) is -0.979. The zero-order chi connectivity index (χ0) is 15.2. The number of hydrogen-bond donors (Lipinski definition) is 1. The molecule has 1 saturated carbocycles. The zero-order valence-electron chi connectivity index (χ0n) is 11.8. The topological polar surface area (TPSA) is 86.7 Å². The van der Waals surface area contributed by atoms with Crippen LogP contribution in [0.3, 0.4) is 0 Å². The molecular weight excluding hydrogens is 272 g/mol. The number of benzene rings is 1. The molecule has 0 radical (unpaired) electrons. The molecule has 0 bridgehead atoms. The SMILES string of the molecule is O=C([O-])c1ccc(C(=O)OCC2CCC(CO)CC2)cc1. The third-order valence-corrected chi connectivity index (χ3v) is 4.03. The van der Waals surface area contributed by atoms with Gasteiger partial charge in [-0.25, -0.2) is 4.79 Å². The number of esters is 1. The lowest BCUT2D eigenvalue weighted by molar-refractivity contribution is -0.255. The van der Waals surface area contributed by atoms with Crippen molar-refractivity contribution in [2.24, 2.45) is 11.8 Å². The van der Waals surface area contributed by atoms with Gasteiger partial charge < -0.3 is 19.7 Å². The molecule has 1 aliphatic rings. The molecule has 1 aromatic carbocycles. The molecule has 21 heavy (non-hydrogen) atoms. The Bertz CT molecular complexity index is 486. The molecule has 1 aliphatic carbocycles. The minimum absolute atomic E-state index is 0.0360. The van der Waals surface area contributed by atoms with Crippen molar-refractivity contribution in [2.75, 3.05) is 13.2 Å². The summed E-state index contributed by atoms with van der Waals surface area (Å²) in [6.45, 7) is 0.608. The standard InChI is InChI=1S/C16H20O5/c17-9-11-1-3-12(4-2-11)10-21-16(20)14-7-5-13(6-8-14)15(18)19/h5-8,11-12,17H,1-4,9-10H2,(H,18,19)/p-1. The van der Waals surface area contributed by atoms with Gasteiger partial charge in [0.15, 0.2) is 0 Å².